The van der Waals surface area contributed by atoms with Gasteiger partial charge in [0, 0.05) is 16.4 Å². The molecule has 1 aromatic carbocycles. The summed E-state index contributed by atoms with van der Waals surface area (Å²) in [6.45, 7) is 5.19. The highest BCUT2D eigenvalue weighted by Crippen LogP contribution is 2.22. The molecule has 0 bridgehead atoms. The van der Waals surface area contributed by atoms with Crippen molar-refractivity contribution in [2.75, 3.05) is 6.54 Å². The summed E-state index contributed by atoms with van der Waals surface area (Å²) in [6.07, 6.45) is 2.78. The minimum absolute atomic E-state index is 0.112. The first-order valence-electron chi connectivity index (χ1n) is 7.39. The first kappa shape index (κ1) is 15.5. The van der Waals surface area contributed by atoms with E-state index in [2.05, 4.69) is 52.5 Å². The molecule has 20 heavy (non-hydrogen) atoms. The van der Waals surface area contributed by atoms with E-state index in [4.69, 9.17) is 0 Å². The van der Waals surface area contributed by atoms with Gasteiger partial charge in [-0.2, -0.15) is 0 Å². The Balaban J connectivity index is 1.98. The number of amides is 1. The van der Waals surface area contributed by atoms with Crippen molar-refractivity contribution in [2.45, 2.75) is 45.2 Å². The zero-order valence-electron chi connectivity index (χ0n) is 12.2. The quantitative estimate of drug-likeness (QED) is 0.883. The van der Waals surface area contributed by atoms with Crippen LogP contribution in [0.4, 0.5) is 0 Å². The highest BCUT2D eigenvalue weighted by molar-refractivity contribution is 9.10. The Morgan fingerprint density at radius 3 is 2.75 bits per heavy atom. The van der Waals surface area contributed by atoms with Crippen molar-refractivity contribution in [2.24, 2.45) is 5.92 Å². The number of piperidine rings is 1. The molecule has 3 unspecified atom stereocenters. The molecule has 0 spiro atoms. The maximum Gasteiger partial charge on any atom is 0.223 e. The predicted molar refractivity (Wildman–Crippen MR) is 85.5 cm³/mol. The summed E-state index contributed by atoms with van der Waals surface area (Å²) >= 11 is 3.44. The van der Waals surface area contributed by atoms with Crippen LogP contribution in [0.15, 0.2) is 28.7 Å². The molecule has 1 aromatic rings. The van der Waals surface area contributed by atoms with Crippen LogP contribution in [-0.4, -0.2) is 18.5 Å². The first-order chi connectivity index (χ1) is 9.60. The molecule has 1 aliphatic heterocycles. The van der Waals surface area contributed by atoms with Gasteiger partial charge in [0.05, 0.1) is 6.04 Å². The van der Waals surface area contributed by atoms with E-state index in [-0.39, 0.29) is 17.9 Å². The largest absolute Gasteiger partial charge is 0.349 e. The summed E-state index contributed by atoms with van der Waals surface area (Å²) in [4.78, 5) is 12.4. The third-order valence-electron chi connectivity index (χ3n) is 3.99. The van der Waals surface area contributed by atoms with Crippen LogP contribution in [0.3, 0.4) is 0 Å². The molecule has 4 heteroatoms. The van der Waals surface area contributed by atoms with Crippen LogP contribution >= 0.6 is 15.9 Å². The summed E-state index contributed by atoms with van der Waals surface area (Å²) in [5.74, 6) is 0.351. The Morgan fingerprint density at radius 1 is 1.45 bits per heavy atom. The fourth-order valence-corrected chi connectivity index (χ4v) is 3.04. The van der Waals surface area contributed by atoms with Crippen LogP contribution < -0.4 is 10.6 Å². The number of benzene rings is 1. The Morgan fingerprint density at radius 2 is 2.15 bits per heavy atom. The average Bonchev–Trinajstić information content (AvgIpc) is 2.45. The molecule has 0 aromatic heterocycles. The van der Waals surface area contributed by atoms with Crippen molar-refractivity contribution in [1.82, 2.24) is 10.6 Å². The minimum atomic E-state index is 0.112. The van der Waals surface area contributed by atoms with E-state index in [1.165, 1.54) is 5.56 Å². The molecule has 110 valence electrons. The standard InChI is InChI=1S/C16H23BrN2O/c1-3-15(12-4-6-14(17)7-5-12)19-16(20)13-8-9-18-11(2)10-13/h4-7,11,13,15,18H,3,8-10H2,1-2H3,(H,19,20). The van der Waals surface area contributed by atoms with Gasteiger partial charge in [-0.1, -0.05) is 35.0 Å². The van der Waals surface area contributed by atoms with E-state index in [9.17, 15) is 4.79 Å². The van der Waals surface area contributed by atoms with Gasteiger partial charge in [-0.05, 0) is 50.4 Å². The fourth-order valence-electron chi connectivity index (χ4n) is 2.78. The predicted octanol–water partition coefficient (Wildman–Crippen LogP) is 3.40. The Hall–Kier alpha value is -0.870. The summed E-state index contributed by atoms with van der Waals surface area (Å²) in [5, 5.41) is 6.60. The third kappa shape index (κ3) is 4.06. The normalized spacial score (nSPS) is 24.1. The van der Waals surface area contributed by atoms with E-state index < -0.39 is 0 Å². The van der Waals surface area contributed by atoms with Crippen LogP contribution in [0.1, 0.15) is 44.7 Å². The van der Waals surface area contributed by atoms with Crippen molar-refractivity contribution in [1.29, 1.82) is 0 Å². The SMILES string of the molecule is CCC(NC(=O)C1CCNC(C)C1)c1ccc(Br)cc1. The van der Waals surface area contributed by atoms with Crippen molar-refractivity contribution in [3.8, 4) is 0 Å². The summed E-state index contributed by atoms with van der Waals surface area (Å²) < 4.78 is 1.06. The molecule has 2 N–H and O–H groups in total. The number of rotatable bonds is 4. The van der Waals surface area contributed by atoms with Crippen molar-refractivity contribution >= 4 is 21.8 Å². The van der Waals surface area contributed by atoms with Gasteiger partial charge in [0.1, 0.15) is 0 Å². The molecule has 2 rings (SSSR count). The van der Waals surface area contributed by atoms with E-state index >= 15 is 0 Å². The molecule has 0 radical (unpaired) electrons. The number of hydrogen-bond acceptors (Lipinski definition) is 2. The van der Waals surface area contributed by atoms with Crippen LogP contribution in [0.25, 0.3) is 0 Å². The van der Waals surface area contributed by atoms with Gasteiger partial charge in [-0.25, -0.2) is 0 Å². The van der Waals surface area contributed by atoms with Crippen molar-refractivity contribution < 1.29 is 4.79 Å². The van der Waals surface area contributed by atoms with Crippen LogP contribution in [0.2, 0.25) is 0 Å². The highest BCUT2D eigenvalue weighted by Gasteiger charge is 2.26. The Labute approximate surface area is 129 Å². The lowest BCUT2D eigenvalue weighted by Crippen LogP contribution is -2.43. The molecule has 1 heterocycles. The molecular weight excluding hydrogens is 316 g/mol. The van der Waals surface area contributed by atoms with Gasteiger partial charge >= 0.3 is 0 Å². The second kappa shape index (κ2) is 7.23. The third-order valence-corrected chi connectivity index (χ3v) is 4.52. The maximum atomic E-state index is 12.4. The zero-order valence-corrected chi connectivity index (χ0v) is 13.7. The van der Waals surface area contributed by atoms with Gasteiger partial charge in [0.25, 0.3) is 0 Å². The molecular formula is C16H23BrN2O. The summed E-state index contributed by atoms with van der Waals surface area (Å²) in [7, 11) is 0. The monoisotopic (exact) mass is 338 g/mol. The number of hydrogen-bond donors (Lipinski definition) is 2. The van der Waals surface area contributed by atoms with E-state index in [0.29, 0.717) is 6.04 Å². The smallest absolute Gasteiger partial charge is 0.223 e. The van der Waals surface area contributed by atoms with Crippen LogP contribution in [0.5, 0.6) is 0 Å². The van der Waals surface area contributed by atoms with E-state index in [1.54, 1.807) is 0 Å². The second-order valence-electron chi connectivity index (χ2n) is 5.60. The molecule has 1 fully saturated rings. The molecule has 3 nitrogen and oxygen atoms in total. The molecule has 1 aliphatic rings. The van der Waals surface area contributed by atoms with Gasteiger partial charge in [-0.15, -0.1) is 0 Å². The zero-order chi connectivity index (χ0) is 14.5. The van der Waals surface area contributed by atoms with Gasteiger partial charge < -0.3 is 10.6 Å². The fraction of sp³-hybridized carbons (Fsp3) is 0.562. The second-order valence-corrected chi connectivity index (χ2v) is 6.51. The highest BCUT2D eigenvalue weighted by atomic mass is 79.9. The van der Waals surface area contributed by atoms with Crippen LogP contribution in [-0.2, 0) is 4.79 Å². The maximum absolute atomic E-state index is 12.4. The van der Waals surface area contributed by atoms with Crippen molar-refractivity contribution in [3.05, 3.63) is 34.3 Å². The Bertz CT molecular complexity index is 446. The molecule has 0 saturated carbocycles. The lowest BCUT2D eigenvalue weighted by molar-refractivity contribution is -0.126. The van der Waals surface area contributed by atoms with E-state index in [1.807, 2.05) is 12.1 Å². The number of halogens is 1. The summed E-state index contributed by atoms with van der Waals surface area (Å²) in [5.41, 5.74) is 1.17. The molecule has 1 saturated heterocycles. The van der Waals surface area contributed by atoms with Gasteiger partial charge in [0.2, 0.25) is 5.91 Å². The van der Waals surface area contributed by atoms with Crippen molar-refractivity contribution in [3.63, 3.8) is 0 Å². The minimum Gasteiger partial charge on any atom is -0.349 e. The first-order valence-corrected chi connectivity index (χ1v) is 8.18. The average molecular weight is 339 g/mol. The van der Waals surface area contributed by atoms with Gasteiger partial charge in [0.15, 0.2) is 0 Å². The van der Waals surface area contributed by atoms with Crippen LogP contribution in [0, 0.1) is 5.92 Å². The Kier molecular flexibility index (Phi) is 5.61. The van der Waals surface area contributed by atoms with E-state index in [0.717, 1.165) is 30.3 Å². The number of carbonyl (C=O) groups excluding carboxylic acids is 1. The lowest BCUT2D eigenvalue weighted by atomic mass is 9.92. The molecule has 0 aliphatic carbocycles. The molecule has 3 atom stereocenters. The molecule has 1 amide bonds. The number of carbonyl (C=O) groups is 1. The number of nitrogens with one attached hydrogen (secondary N) is 2. The van der Waals surface area contributed by atoms with Gasteiger partial charge in [-0.3, -0.25) is 4.79 Å². The topological polar surface area (TPSA) is 41.1 Å². The summed E-state index contributed by atoms with van der Waals surface area (Å²) in [6, 6.07) is 8.74. The lowest BCUT2D eigenvalue weighted by Gasteiger charge is -2.29.